The molecule has 0 radical (unpaired) electrons. The summed E-state index contributed by atoms with van der Waals surface area (Å²) in [6, 6.07) is 9.06. The molecular formula is C27H32O5. The lowest BCUT2D eigenvalue weighted by molar-refractivity contribution is -0.154. The summed E-state index contributed by atoms with van der Waals surface area (Å²) in [6.45, 7) is 10.9. The third kappa shape index (κ3) is 3.01. The van der Waals surface area contributed by atoms with Gasteiger partial charge in [0.15, 0.2) is 0 Å². The van der Waals surface area contributed by atoms with E-state index in [4.69, 9.17) is 14.2 Å². The number of hydrogen-bond acceptors (Lipinski definition) is 5. The number of allylic oxidation sites excluding steroid dienone is 1. The fraction of sp³-hybridized carbons (Fsp3) is 0.556. The van der Waals surface area contributed by atoms with E-state index >= 15 is 0 Å². The van der Waals surface area contributed by atoms with E-state index in [2.05, 4.69) is 20.4 Å². The molecule has 5 heteroatoms. The van der Waals surface area contributed by atoms with Crippen molar-refractivity contribution < 1.29 is 23.8 Å². The van der Waals surface area contributed by atoms with Crippen LogP contribution in [0.1, 0.15) is 63.2 Å². The van der Waals surface area contributed by atoms with Crippen molar-refractivity contribution in [3.63, 3.8) is 0 Å². The first-order valence-electron chi connectivity index (χ1n) is 11.7. The smallest absolute Gasteiger partial charge is 0.338 e. The van der Waals surface area contributed by atoms with Crippen LogP contribution < -0.4 is 0 Å². The Kier molecular flexibility index (Phi) is 5.08. The first kappa shape index (κ1) is 21.4. The first-order chi connectivity index (χ1) is 15.3. The van der Waals surface area contributed by atoms with Gasteiger partial charge in [-0.15, -0.1) is 0 Å². The van der Waals surface area contributed by atoms with Crippen LogP contribution in [0.3, 0.4) is 0 Å². The number of esters is 2. The number of carbonyl (C=O) groups excluding carboxylic acids is 2. The summed E-state index contributed by atoms with van der Waals surface area (Å²) in [7, 11) is 0. The van der Waals surface area contributed by atoms with E-state index in [1.165, 1.54) is 11.1 Å². The second-order valence-corrected chi connectivity index (χ2v) is 10.3. The molecule has 2 aliphatic carbocycles. The predicted octanol–water partition coefficient (Wildman–Crippen LogP) is 5.02. The summed E-state index contributed by atoms with van der Waals surface area (Å²) in [6.07, 6.45) is 3.50. The molecule has 3 fully saturated rings. The number of fused-ring (bicyclic) bond motifs is 4. The van der Waals surface area contributed by atoms with Crippen LogP contribution in [0.2, 0.25) is 0 Å². The molecule has 6 atom stereocenters. The molecule has 1 aromatic rings. The molecule has 5 nitrogen and oxygen atoms in total. The Morgan fingerprint density at radius 3 is 2.66 bits per heavy atom. The van der Waals surface area contributed by atoms with Gasteiger partial charge in [-0.2, -0.15) is 0 Å². The summed E-state index contributed by atoms with van der Waals surface area (Å²) >= 11 is 0. The minimum Gasteiger partial charge on any atom is -0.465 e. The molecule has 2 saturated heterocycles. The van der Waals surface area contributed by atoms with E-state index in [0.717, 1.165) is 31.3 Å². The number of ether oxygens (including phenoxy) is 3. The Labute approximate surface area is 189 Å². The molecule has 1 saturated carbocycles. The van der Waals surface area contributed by atoms with Gasteiger partial charge in [-0.05, 0) is 62.8 Å². The summed E-state index contributed by atoms with van der Waals surface area (Å²) < 4.78 is 18.1. The monoisotopic (exact) mass is 436 g/mol. The third-order valence-electron chi connectivity index (χ3n) is 8.72. The van der Waals surface area contributed by atoms with Crippen LogP contribution >= 0.6 is 0 Å². The highest BCUT2D eigenvalue weighted by Gasteiger charge is 2.64. The standard InChI is InChI=1S/C27H32O5/c1-16(2)23-22(32-24(28)17-8-6-5-7-9-17)14-19-20-11-10-18-15-30-25(29)27(18,4)26(20,3)13-12-21(19)31-23/h5-9,18,21-23H,1,10-15H2,2-4H3/t18-,21-,22+,23+,26-,27+/m0/s1. The van der Waals surface area contributed by atoms with Crippen LogP contribution in [0.4, 0.5) is 0 Å². The second kappa shape index (κ2) is 7.58. The van der Waals surface area contributed by atoms with Crippen molar-refractivity contribution in [1.82, 2.24) is 0 Å². The van der Waals surface area contributed by atoms with Gasteiger partial charge in [0, 0.05) is 17.8 Å². The fourth-order valence-electron chi connectivity index (χ4n) is 6.64. The van der Waals surface area contributed by atoms with Gasteiger partial charge >= 0.3 is 11.9 Å². The van der Waals surface area contributed by atoms with Gasteiger partial charge in [-0.3, -0.25) is 4.79 Å². The second-order valence-electron chi connectivity index (χ2n) is 10.3. The Morgan fingerprint density at radius 2 is 1.94 bits per heavy atom. The highest BCUT2D eigenvalue weighted by atomic mass is 16.6. The Morgan fingerprint density at radius 1 is 1.19 bits per heavy atom. The highest BCUT2D eigenvalue weighted by molar-refractivity contribution is 5.89. The summed E-state index contributed by atoms with van der Waals surface area (Å²) in [5.41, 5.74) is 3.20. The van der Waals surface area contributed by atoms with E-state index in [0.29, 0.717) is 18.6 Å². The summed E-state index contributed by atoms with van der Waals surface area (Å²) in [4.78, 5) is 25.7. The average molecular weight is 437 g/mol. The first-order valence-corrected chi connectivity index (χ1v) is 11.7. The van der Waals surface area contributed by atoms with Crippen LogP contribution in [0.5, 0.6) is 0 Å². The number of cyclic esters (lactones) is 1. The van der Waals surface area contributed by atoms with Crippen molar-refractivity contribution in [1.29, 1.82) is 0 Å². The van der Waals surface area contributed by atoms with E-state index < -0.39 is 11.5 Å². The van der Waals surface area contributed by atoms with E-state index in [-0.39, 0.29) is 35.5 Å². The van der Waals surface area contributed by atoms with Crippen LogP contribution in [0, 0.1) is 16.7 Å². The van der Waals surface area contributed by atoms with Crippen molar-refractivity contribution in [3.05, 3.63) is 59.2 Å². The molecule has 4 aliphatic rings. The summed E-state index contributed by atoms with van der Waals surface area (Å²) in [5.74, 6) is -0.145. The van der Waals surface area contributed by atoms with Gasteiger partial charge in [-0.1, -0.05) is 37.3 Å². The van der Waals surface area contributed by atoms with Gasteiger partial charge in [0.2, 0.25) is 0 Å². The molecule has 0 bridgehead atoms. The quantitative estimate of drug-likeness (QED) is 0.492. The molecule has 0 amide bonds. The lowest BCUT2D eigenvalue weighted by atomic mass is 9.48. The predicted molar refractivity (Wildman–Crippen MR) is 120 cm³/mol. The molecule has 1 aromatic carbocycles. The zero-order chi connectivity index (χ0) is 22.7. The van der Waals surface area contributed by atoms with Crippen LogP contribution in [-0.4, -0.2) is 36.9 Å². The molecule has 0 unspecified atom stereocenters. The molecule has 2 heterocycles. The van der Waals surface area contributed by atoms with Gasteiger partial charge in [-0.25, -0.2) is 4.79 Å². The molecule has 0 spiro atoms. The minimum atomic E-state index is -0.500. The van der Waals surface area contributed by atoms with Crippen molar-refractivity contribution in [3.8, 4) is 0 Å². The Hall–Kier alpha value is -2.40. The minimum absolute atomic E-state index is 0.0102. The number of benzene rings is 1. The van der Waals surface area contributed by atoms with Crippen molar-refractivity contribution in [2.75, 3.05) is 6.61 Å². The normalized spacial score (nSPS) is 38.3. The average Bonchev–Trinajstić information content (AvgIpc) is 3.09. The van der Waals surface area contributed by atoms with Crippen molar-refractivity contribution >= 4 is 11.9 Å². The lowest BCUT2D eigenvalue weighted by Gasteiger charge is -2.55. The zero-order valence-corrected chi connectivity index (χ0v) is 19.2. The molecule has 5 rings (SSSR count). The largest absolute Gasteiger partial charge is 0.465 e. The maximum absolute atomic E-state index is 12.9. The van der Waals surface area contributed by atoms with Gasteiger partial charge in [0.1, 0.15) is 12.2 Å². The number of carbonyl (C=O) groups is 2. The van der Waals surface area contributed by atoms with E-state index in [9.17, 15) is 9.59 Å². The maximum Gasteiger partial charge on any atom is 0.338 e. The van der Waals surface area contributed by atoms with Crippen LogP contribution in [-0.2, 0) is 19.0 Å². The number of hydrogen-bond donors (Lipinski definition) is 0. The van der Waals surface area contributed by atoms with Crippen LogP contribution in [0.15, 0.2) is 53.6 Å². The van der Waals surface area contributed by atoms with Crippen molar-refractivity contribution in [2.24, 2.45) is 16.7 Å². The molecule has 0 aromatic heterocycles. The van der Waals surface area contributed by atoms with Gasteiger partial charge in [0.25, 0.3) is 0 Å². The van der Waals surface area contributed by atoms with Crippen LogP contribution in [0.25, 0.3) is 0 Å². The lowest BCUT2D eigenvalue weighted by Crippen LogP contribution is -2.54. The van der Waals surface area contributed by atoms with Crippen molar-refractivity contribution in [2.45, 2.75) is 71.2 Å². The van der Waals surface area contributed by atoms with E-state index in [1.807, 2.05) is 25.1 Å². The topological polar surface area (TPSA) is 61.8 Å². The fourth-order valence-corrected chi connectivity index (χ4v) is 6.64. The molecular weight excluding hydrogens is 404 g/mol. The number of rotatable bonds is 3. The molecule has 0 N–H and O–H groups in total. The van der Waals surface area contributed by atoms with E-state index in [1.54, 1.807) is 12.1 Å². The van der Waals surface area contributed by atoms with Gasteiger partial charge < -0.3 is 14.2 Å². The highest BCUT2D eigenvalue weighted by Crippen LogP contribution is 2.64. The van der Waals surface area contributed by atoms with Gasteiger partial charge in [0.05, 0.1) is 23.7 Å². The molecule has 2 aliphatic heterocycles. The zero-order valence-electron chi connectivity index (χ0n) is 19.2. The molecule has 170 valence electrons. The molecule has 32 heavy (non-hydrogen) atoms. The Bertz CT molecular complexity index is 995. The SMILES string of the molecule is C=C(C)[C@H]1O[C@H]2CC[C@@]3(C)C(=C2C[C@H]1OC(=O)c1ccccc1)CC[C@H]1COC(=O)[C@@]13C. The third-order valence-corrected chi connectivity index (χ3v) is 8.72. The summed E-state index contributed by atoms with van der Waals surface area (Å²) in [5, 5.41) is 0. The Balaban J connectivity index is 1.50. The maximum atomic E-state index is 12.9.